The van der Waals surface area contributed by atoms with Gasteiger partial charge < -0.3 is 0 Å². The van der Waals surface area contributed by atoms with Crippen molar-refractivity contribution in [2.45, 2.75) is 38.5 Å². The minimum absolute atomic E-state index is 0.185. The van der Waals surface area contributed by atoms with Crippen LogP contribution in [0.25, 0.3) is 77.6 Å². The molecule has 0 aliphatic heterocycles. The molecular formula is C43H31N3. The number of aromatic nitrogens is 3. The van der Waals surface area contributed by atoms with Crippen LogP contribution in [-0.2, 0) is 10.8 Å². The molecule has 0 atom stereocenters. The minimum Gasteiger partial charge on any atom is -0.208 e. The Morgan fingerprint density at radius 3 is 1.48 bits per heavy atom. The number of benzene rings is 7. The Morgan fingerprint density at radius 1 is 0.370 bits per heavy atom. The van der Waals surface area contributed by atoms with E-state index < -0.39 is 0 Å². The summed E-state index contributed by atoms with van der Waals surface area (Å²) in [4.78, 5) is 15.2. The summed E-state index contributed by atoms with van der Waals surface area (Å²) in [6, 6.07) is 41.5. The smallest absolute Gasteiger partial charge is 0.164 e. The summed E-state index contributed by atoms with van der Waals surface area (Å²) in [7, 11) is 0. The van der Waals surface area contributed by atoms with Gasteiger partial charge in [-0.15, -0.1) is 0 Å². The first-order valence-electron chi connectivity index (χ1n) is 16.1. The Bertz CT molecular complexity index is 2500. The highest BCUT2D eigenvalue weighted by molar-refractivity contribution is 6.28. The summed E-state index contributed by atoms with van der Waals surface area (Å²) in [5.74, 6) is 2.07. The lowest BCUT2D eigenvalue weighted by atomic mass is 9.67. The number of hydrogen-bond acceptors (Lipinski definition) is 3. The lowest BCUT2D eigenvalue weighted by Gasteiger charge is -2.36. The fourth-order valence-corrected chi connectivity index (χ4v) is 8.42. The fraction of sp³-hybridized carbons (Fsp3) is 0.140. The molecule has 218 valence electrons. The van der Waals surface area contributed by atoms with Crippen LogP contribution in [0.15, 0.2) is 115 Å². The van der Waals surface area contributed by atoms with Crippen LogP contribution >= 0.6 is 0 Å². The van der Waals surface area contributed by atoms with E-state index in [1.165, 1.54) is 65.7 Å². The highest BCUT2D eigenvalue weighted by Crippen LogP contribution is 2.61. The molecule has 0 saturated heterocycles. The van der Waals surface area contributed by atoms with Crippen LogP contribution in [0.4, 0.5) is 0 Å². The maximum atomic E-state index is 5.14. The van der Waals surface area contributed by atoms with E-state index in [-0.39, 0.29) is 10.8 Å². The lowest BCUT2D eigenvalue weighted by Crippen LogP contribution is -2.24. The summed E-state index contributed by atoms with van der Waals surface area (Å²) in [6.07, 6.45) is 0. The maximum Gasteiger partial charge on any atom is 0.164 e. The van der Waals surface area contributed by atoms with Gasteiger partial charge >= 0.3 is 0 Å². The van der Waals surface area contributed by atoms with Crippen molar-refractivity contribution in [1.82, 2.24) is 15.0 Å². The van der Waals surface area contributed by atoms with E-state index in [9.17, 15) is 0 Å². The minimum atomic E-state index is -0.230. The zero-order valence-corrected chi connectivity index (χ0v) is 26.3. The Labute approximate surface area is 268 Å². The molecule has 0 bridgehead atoms. The molecule has 7 aromatic carbocycles. The SMILES string of the molecule is CC1(C)c2cc(-c3nc(-c4ccccc4)nc(-c4ccccc4)n3)cc3c2-c2c1cc1ccc4cccc5cc(c2c1c45)C3(C)C. The van der Waals surface area contributed by atoms with Crippen LogP contribution in [0.1, 0.15) is 49.9 Å². The largest absolute Gasteiger partial charge is 0.208 e. The van der Waals surface area contributed by atoms with Crippen molar-refractivity contribution in [2.24, 2.45) is 0 Å². The molecular weight excluding hydrogens is 558 g/mol. The Kier molecular flexibility index (Phi) is 4.86. The van der Waals surface area contributed by atoms with Crippen molar-refractivity contribution in [3.63, 3.8) is 0 Å². The van der Waals surface area contributed by atoms with Gasteiger partial charge in [-0.2, -0.15) is 0 Å². The van der Waals surface area contributed by atoms with Gasteiger partial charge in [0.15, 0.2) is 17.5 Å². The van der Waals surface area contributed by atoms with Gasteiger partial charge in [0.2, 0.25) is 0 Å². The van der Waals surface area contributed by atoms with Gasteiger partial charge in [-0.25, -0.2) is 15.0 Å². The zero-order chi connectivity index (χ0) is 30.9. The first kappa shape index (κ1) is 25.9. The van der Waals surface area contributed by atoms with E-state index >= 15 is 0 Å². The van der Waals surface area contributed by atoms with E-state index in [0.29, 0.717) is 17.5 Å². The molecule has 0 saturated carbocycles. The molecule has 1 heterocycles. The summed E-state index contributed by atoms with van der Waals surface area (Å²) >= 11 is 0. The molecule has 8 aromatic rings. The molecule has 2 aliphatic rings. The monoisotopic (exact) mass is 589 g/mol. The van der Waals surface area contributed by atoms with Gasteiger partial charge in [-0.1, -0.05) is 119 Å². The van der Waals surface area contributed by atoms with Crippen molar-refractivity contribution >= 4 is 32.3 Å². The Hall–Kier alpha value is -5.41. The normalized spacial score (nSPS) is 15.3. The Morgan fingerprint density at radius 2 is 0.848 bits per heavy atom. The van der Waals surface area contributed by atoms with Crippen molar-refractivity contribution < 1.29 is 0 Å². The predicted octanol–water partition coefficient (Wildman–Crippen LogP) is 10.7. The molecule has 3 heteroatoms. The van der Waals surface area contributed by atoms with Gasteiger partial charge in [0.1, 0.15) is 0 Å². The van der Waals surface area contributed by atoms with Gasteiger partial charge in [0.05, 0.1) is 0 Å². The molecule has 0 fully saturated rings. The van der Waals surface area contributed by atoms with Crippen LogP contribution in [0.5, 0.6) is 0 Å². The molecule has 0 amide bonds. The number of hydrogen-bond donors (Lipinski definition) is 0. The van der Waals surface area contributed by atoms with Crippen LogP contribution < -0.4 is 0 Å². The second kappa shape index (κ2) is 8.64. The summed E-state index contributed by atoms with van der Waals surface area (Å²) in [5.41, 5.74) is 10.9. The second-order valence-corrected chi connectivity index (χ2v) is 14.1. The van der Waals surface area contributed by atoms with Crippen LogP contribution in [0, 0.1) is 0 Å². The molecule has 10 rings (SSSR count). The predicted molar refractivity (Wildman–Crippen MR) is 190 cm³/mol. The number of rotatable bonds is 3. The van der Waals surface area contributed by atoms with Crippen molar-refractivity contribution in [2.75, 3.05) is 0 Å². The average molecular weight is 590 g/mol. The van der Waals surface area contributed by atoms with E-state index in [1.54, 1.807) is 0 Å². The van der Waals surface area contributed by atoms with Crippen molar-refractivity contribution in [1.29, 1.82) is 0 Å². The van der Waals surface area contributed by atoms with Gasteiger partial charge in [-0.3, -0.25) is 0 Å². The number of nitrogens with zero attached hydrogens (tertiary/aromatic N) is 3. The molecule has 0 radical (unpaired) electrons. The Balaban J connectivity index is 1.30. The molecule has 1 aromatic heterocycles. The summed E-state index contributed by atoms with van der Waals surface area (Å²) in [5, 5.41) is 8.19. The van der Waals surface area contributed by atoms with Crippen LogP contribution in [-0.4, -0.2) is 15.0 Å². The topological polar surface area (TPSA) is 38.7 Å². The first-order chi connectivity index (χ1) is 22.3. The van der Waals surface area contributed by atoms with Gasteiger partial charge in [-0.05, 0) is 90.0 Å². The fourth-order valence-electron chi connectivity index (χ4n) is 8.42. The van der Waals surface area contributed by atoms with E-state index in [2.05, 4.69) is 107 Å². The zero-order valence-electron chi connectivity index (χ0n) is 26.3. The lowest BCUT2D eigenvalue weighted by molar-refractivity contribution is 0.640. The average Bonchev–Trinajstić information content (AvgIpc) is 3.32. The standard InChI is InChI=1S/C43H31N3/c1-42(2)30-22-29(41-45-39(25-12-7-5-8-13-25)44-40(46-41)26-14-9-6-10-15-26)23-31-36(30)38-33(43(31,3)4)21-28-19-18-24-16-11-17-27-20-32(42)37(38)35(28)34(24)27/h5-23H,1-4H3. The second-order valence-electron chi connectivity index (χ2n) is 14.1. The third kappa shape index (κ3) is 3.25. The highest BCUT2D eigenvalue weighted by Gasteiger charge is 2.46. The van der Waals surface area contributed by atoms with E-state index in [1.807, 2.05) is 36.4 Å². The van der Waals surface area contributed by atoms with Crippen molar-refractivity contribution in [3.05, 3.63) is 138 Å². The van der Waals surface area contributed by atoms with Crippen LogP contribution in [0.2, 0.25) is 0 Å². The van der Waals surface area contributed by atoms with Crippen LogP contribution in [0.3, 0.4) is 0 Å². The molecule has 0 unspecified atom stereocenters. The quantitative estimate of drug-likeness (QED) is 0.192. The van der Waals surface area contributed by atoms with E-state index in [4.69, 9.17) is 15.0 Å². The summed E-state index contributed by atoms with van der Waals surface area (Å²) < 4.78 is 0. The molecule has 46 heavy (non-hydrogen) atoms. The molecule has 2 aliphatic carbocycles. The molecule has 0 N–H and O–H groups in total. The van der Waals surface area contributed by atoms with E-state index in [0.717, 1.165) is 16.7 Å². The highest BCUT2D eigenvalue weighted by atomic mass is 15.0. The third-order valence-electron chi connectivity index (χ3n) is 10.8. The third-order valence-corrected chi connectivity index (χ3v) is 10.8. The first-order valence-corrected chi connectivity index (χ1v) is 16.1. The van der Waals surface area contributed by atoms with Gasteiger partial charge in [0.25, 0.3) is 0 Å². The molecule has 0 spiro atoms. The van der Waals surface area contributed by atoms with Crippen molar-refractivity contribution in [3.8, 4) is 45.3 Å². The maximum absolute atomic E-state index is 5.14. The summed E-state index contributed by atoms with van der Waals surface area (Å²) in [6.45, 7) is 9.58. The van der Waals surface area contributed by atoms with Gasteiger partial charge in [0, 0.05) is 27.5 Å². The molecule has 3 nitrogen and oxygen atoms in total.